The van der Waals surface area contributed by atoms with Crippen molar-refractivity contribution in [1.29, 1.82) is 0 Å². The minimum absolute atomic E-state index is 0.341. The van der Waals surface area contributed by atoms with Gasteiger partial charge in [-0.3, -0.25) is 0 Å². The highest BCUT2D eigenvalue weighted by Crippen LogP contribution is 2.24. The molecule has 0 amide bonds. The van der Waals surface area contributed by atoms with Crippen LogP contribution in [0.3, 0.4) is 0 Å². The van der Waals surface area contributed by atoms with E-state index in [1.165, 1.54) is 17.1 Å². The van der Waals surface area contributed by atoms with Crippen LogP contribution in [0.5, 0.6) is 0 Å². The Labute approximate surface area is 125 Å². The number of rotatable bonds is 5. The zero-order valence-corrected chi connectivity index (χ0v) is 13.4. The molecule has 0 aromatic carbocycles. The van der Waals surface area contributed by atoms with Gasteiger partial charge in [-0.1, -0.05) is 0 Å². The topological polar surface area (TPSA) is 74.4 Å². The molecule has 6 nitrogen and oxygen atoms in total. The molecule has 3 rings (SSSR count). The van der Waals surface area contributed by atoms with Gasteiger partial charge in [0.05, 0.1) is 17.1 Å². The lowest BCUT2D eigenvalue weighted by atomic mass is 10.1. The summed E-state index contributed by atoms with van der Waals surface area (Å²) in [6.45, 7) is 5.75. The molecule has 0 radical (unpaired) electrons. The zero-order chi connectivity index (χ0) is 15.1. The van der Waals surface area contributed by atoms with Gasteiger partial charge in [0.15, 0.2) is 0 Å². The Balaban J connectivity index is 1.71. The first-order chi connectivity index (χ1) is 9.87. The van der Waals surface area contributed by atoms with Gasteiger partial charge >= 0.3 is 0 Å². The number of aromatic amines is 1. The molecule has 0 bridgehead atoms. The molecule has 0 spiro atoms. The lowest BCUT2D eigenvalue weighted by Gasteiger charge is -2.37. The molecule has 21 heavy (non-hydrogen) atoms. The smallest absolute Gasteiger partial charge is 0.244 e. The van der Waals surface area contributed by atoms with Gasteiger partial charge in [-0.25, -0.2) is 8.42 Å². The van der Waals surface area contributed by atoms with Gasteiger partial charge in [-0.2, -0.15) is 4.31 Å². The summed E-state index contributed by atoms with van der Waals surface area (Å²) >= 11 is 0. The minimum atomic E-state index is -3.44. The fraction of sp³-hybridized carbons (Fsp3) is 0.714. The van der Waals surface area contributed by atoms with Gasteiger partial charge in [0.25, 0.3) is 0 Å². The lowest BCUT2D eigenvalue weighted by molar-refractivity contribution is -0.0640. The van der Waals surface area contributed by atoms with Crippen LogP contribution in [0.4, 0.5) is 0 Å². The molecule has 2 N–H and O–H groups in total. The molecular weight excluding hydrogens is 290 g/mol. The summed E-state index contributed by atoms with van der Waals surface area (Å²) < 4.78 is 32.4. The van der Waals surface area contributed by atoms with Crippen molar-refractivity contribution in [3.63, 3.8) is 0 Å². The van der Waals surface area contributed by atoms with Crippen LogP contribution < -0.4 is 5.32 Å². The van der Waals surface area contributed by atoms with E-state index in [2.05, 4.69) is 10.3 Å². The average Bonchev–Trinajstić information content (AvgIpc) is 3.11. The Bertz CT molecular complexity index is 605. The van der Waals surface area contributed by atoms with Gasteiger partial charge in [0.1, 0.15) is 0 Å². The summed E-state index contributed by atoms with van der Waals surface area (Å²) in [5, 5.41) is 3.37. The highest BCUT2D eigenvalue weighted by Gasteiger charge is 2.35. The second-order valence-corrected chi connectivity index (χ2v) is 8.40. The monoisotopic (exact) mass is 313 g/mol. The first kappa shape index (κ1) is 15.0. The summed E-state index contributed by atoms with van der Waals surface area (Å²) in [4.78, 5) is 3.40. The number of ether oxygens (including phenoxy) is 1. The van der Waals surface area contributed by atoms with Crippen molar-refractivity contribution in [3.8, 4) is 0 Å². The van der Waals surface area contributed by atoms with E-state index in [4.69, 9.17) is 4.74 Å². The van der Waals surface area contributed by atoms with Crippen LogP contribution in [-0.4, -0.2) is 49.0 Å². The number of nitrogens with zero attached hydrogens (tertiary/aromatic N) is 1. The normalized spacial score (nSPS) is 23.3. The standard InChI is InChI=1S/C14H23N3O3S/c1-14(2)10-17(5-6-20-14)21(18,19)13-7-12(16-9-13)8-15-11-3-4-11/h7,9,11,15-16H,3-6,8,10H2,1-2H3. The fourth-order valence-corrected chi connectivity index (χ4v) is 4.13. The van der Waals surface area contributed by atoms with E-state index in [-0.39, 0.29) is 0 Å². The molecule has 118 valence electrons. The maximum absolute atomic E-state index is 12.7. The van der Waals surface area contributed by atoms with E-state index in [0.717, 1.165) is 5.69 Å². The van der Waals surface area contributed by atoms with Gasteiger partial charge in [-0.15, -0.1) is 0 Å². The highest BCUT2D eigenvalue weighted by molar-refractivity contribution is 7.89. The Morgan fingerprint density at radius 3 is 2.90 bits per heavy atom. The van der Waals surface area contributed by atoms with E-state index < -0.39 is 15.6 Å². The van der Waals surface area contributed by atoms with Crippen LogP contribution in [0.2, 0.25) is 0 Å². The fourth-order valence-electron chi connectivity index (χ4n) is 2.54. The Hall–Kier alpha value is -0.890. The molecular formula is C14H23N3O3S. The van der Waals surface area contributed by atoms with Crippen molar-refractivity contribution in [2.75, 3.05) is 19.7 Å². The van der Waals surface area contributed by atoms with Crippen LogP contribution in [0.1, 0.15) is 32.4 Å². The number of sulfonamides is 1. The maximum atomic E-state index is 12.7. The van der Waals surface area contributed by atoms with Crippen LogP contribution in [0.15, 0.2) is 17.2 Å². The summed E-state index contributed by atoms with van der Waals surface area (Å²) in [5.41, 5.74) is 0.478. The predicted octanol–water partition coefficient (Wildman–Crippen LogP) is 1.07. The Morgan fingerprint density at radius 1 is 1.48 bits per heavy atom. The molecule has 1 saturated carbocycles. The maximum Gasteiger partial charge on any atom is 0.244 e. The number of hydrogen-bond acceptors (Lipinski definition) is 4. The van der Waals surface area contributed by atoms with Gasteiger partial charge in [0.2, 0.25) is 10.0 Å². The van der Waals surface area contributed by atoms with Crippen LogP contribution in [0, 0.1) is 0 Å². The third kappa shape index (κ3) is 3.48. The van der Waals surface area contributed by atoms with Crippen LogP contribution in [0.25, 0.3) is 0 Å². The van der Waals surface area contributed by atoms with Crippen molar-refractivity contribution in [3.05, 3.63) is 18.0 Å². The molecule has 1 saturated heterocycles. The molecule has 2 heterocycles. The molecule has 2 fully saturated rings. The Morgan fingerprint density at radius 2 is 2.24 bits per heavy atom. The van der Waals surface area contributed by atoms with Crippen molar-refractivity contribution >= 4 is 10.0 Å². The molecule has 2 aliphatic rings. The van der Waals surface area contributed by atoms with Crippen molar-refractivity contribution in [2.45, 2.75) is 49.8 Å². The molecule has 1 aromatic heterocycles. The number of aromatic nitrogens is 1. The minimum Gasteiger partial charge on any atom is -0.373 e. The van der Waals surface area contributed by atoms with Crippen LogP contribution in [-0.2, 0) is 21.3 Å². The van der Waals surface area contributed by atoms with Gasteiger partial charge in [-0.05, 0) is 32.8 Å². The second kappa shape index (κ2) is 5.39. The number of hydrogen-bond donors (Lipinski definition) is 2. The lowest BCUT2D eigenvalue weighted by Crippen LogP contribution is -2.50. The zero-order valence-electron chi connectivity index (χ0n) is 12.6. The molecule has 7 heteroatoms. The van der Waals surface area contributed by atoms with E-state index in [9.17, 15) is 8.42 Å². The molecule has 0 unspecified atom stereocenters. The van der Waals surface area contributed by atoms with Gasteiger partial charge in [0, 0.05) is 37.6 Å². The van der Waals surface area contributed by atoms with E-state index in [0.29, 0.717) is 37.2 Å². The van der Waals surface area contributed by atoms with E-state index >= 15 is 0 Å². The van der Waals surface area contributed by atoms with Crippen LogP contribution >= 0.6 is 0 Å². The van der Waals surface area contributed by atoms with Crippen molar-refractivity contribution < 1.29 is 13.2 Å². The second-order valence-electron chi connectivity index (χ2n) is 6.46. The Kier molecular flexibility index (Phi) is 3.85. The number of morpholine rings is 1. The van der Waals surface area contributed by atoms with Crippen molar-refractivity contribution in [1.82, 2.24) is 14.6 Å². The van der Waals surface area contributed by atoms with Gasteiger partial charge < -0.3 is 15.0 Å². The summed E-state index contributed by atoms with van der Waals surface area (Å²) in [7, 11) is -3.44. The molecule has 0 atom stereocenters. The summed E-state index contributed by atoms with van der Waals surface area (Å²) in [6, 6.07) is 2.33. The predicted molar refractivity (Wildman–Crippen MR) is 79.4 cm³/mol. The summed E-state index contributed by atoms with van der Waals surface area (Å²) in [5.74, 6) is 0. The molecule has 1 aromatic rings. The van der Waals surface area contributed by atoms with E-state index in [1.807, 2.05) is 13.8 Å². The third-order valence-corrected chi connectivity index (χ3v) is 5.73. The third-order valence-electron chi connectivity index (χ3n) is 3.90. The molecule has 1 aliphatic heterocycles. The van der Waals surface area contributed by atoms with E-state index in [1.54, 1.807) is 12.3 Å². The highest BCUT2D eigenvalue weighted by atomic mass is 32.2. The number of nitrogens with one attached hydrogen (secondary N) is 2. The van der Waals surface area contributed by atoms with Crippen molar-refractivity contribution in [2.24, 2.45) is 0 Å². The largest absolute Gasteiger partial charge is 0.373 e. The first-order valence-electron chi connectivity index (χ1n) is 7.42. The SMILES string of the molecule is CC1(C)CN(S(=O)(=O)c2c[nH]c(CNC3CC3)c2)CCO1. The first-order valence-corrected chi connectivity index (χ1v) is 8.86. The average molecular weight is 313 g/mol. The molecule has 1 aliphatic carbocycles. The summed E-state index contributed by atoms with van der Waals surface area (Å²) in [6.07, 6.45) is 4.02. The number of H-pyrrole nitrogens is 1. The quantitative estimate of drug-likeness (QED) is 0.852.